The second-order valence-electron chi connectivity index (χ2n) is 5.11. The number of ether oxygens (including phenoxy) is 1. The summed E-state index contributed by atoms with van der Waals surface area (Å²) in [5, 5.41) is 3.50. The third kappa shape index (κ3) is 3.42. The molecule has 0 saturated heterocycles. The van der Waals surface area contributed by atoms with Gasteiger partial charge in [0, 0.05) is 12.1 Å². The third-order valence-electron chi connectivity index (χ3n) is 3.44. The molecule has 4 heteroatoms. The predicted octanol–water partition coefficient (Wildman–Crippen LogP) is 3.74. The normalized spacial score (nSPS) is 24.7. The van der Waals surface area contributed by atoms with Gasteiger partial charge in [-0.05, 0) is 43.4 Å². The van der Waals surface area contributed by atoms with E-state index in [4.69, 9.17) is 0 Å². The lowest BCUT2D eigenvalue weighted by Crippen LogP contribution is -2.41. The van der Waals surface area contributed by atoms with Gasteiger partial charge in [0.25, 0.3) is 0 Å². The number of alkyl halides is 2. The molecule has 0 radical (unpaired) electrons. The summed E-state index contributed by atoms with van der Waals surface area (Å²) in [6.07, 6.45) is 2.38. The molecule has 1 aromatic rings. The van der Waals surface area contributed by atoms with E-state index in [0.717, 1.165) is 11.5 Å². The van der Waals surface area contributed by atoms with Gasteiger partial charge in [-0.15, -0.1) is 0 Å². The molecule has 1 atom stereocenters. The molecule has 1 aliphatic carbocycles. The largest absolute Gasteiger partial charge is 0.435 e. The van der Waals surface area contributed by atoms with Crippen molar-refractivity contribution >= 4 is 0 Å². The molecule has 1 fully saturated rings. The lowest BCUT2D eigenvalue weighted by molar-refractivity contribution is -0.0499. The van der Waals surface area contributed by atoms with Gasteiger partial charge in [-0.25, -0.2) is 0 Å². The zero-order valence-corrected chi connectivity index (χ0v) is 10.7. The van der Waals surface area contributed by atoms with Gasteiger partial charge < -0.3 is 10.1 Å². The summed E-state index contributed by atoms with van der Waals surface area (Å²) in [4.78, 5) is 0. The molecular weight excluding hydrogens is 236 g/mol. The summed E-state index contributed by atoms with van der Waals surface area (Å²) < 4.78 is 28.7. The van der Waals surface area contributed by atoms with Crippen LogP contribution >= 0.6 is 0 Å². The van der Waals surface area contributed by atoms with Crippen molar-refractivity contribution in [1.82, 2.24) is 5.32 Å². The van der Waals surface area contributed by atoms with E-state index in [0.29, 0.717) is 6.04 Å². The highest BCUT2D eigenvalue weighted by molar-refractivity contribution is 5.30. The number of halogens is 2. The van der Waals surface area contributed by atoms with Gasteiger partial charge in [0.2, 0.25) is 0 Å². The van der Waals surface area contributed by atoms with E-state index in [2.05, 4.69) is 17.0 Å². The summed E-state index contributed by atoms with van der Waals surface area (Å²) in [6, 6.07) is 7.60. The monoisotopic (exact) mass is 255 g/mol. The van der Waals surface area contributed by atoms with Gasteiger partial charge in [0.1, 0.15) is 5.75 Å². The van der Waals surface area contributed by atoms with Gasteiger partial charge in [-0.1, -0.05) is 19.1 Å². The Balaban J connectivity index is 1.94. The van der Waals surface area contributed by atoms with Crippen molar-refractivity contribution in [2.45, 2.75) is 45.4 Å². The van der Waals surface area contributed by atoms with Crippen molar-refractivity contribution in [3.8, 4) is 5.75 Å². The third-order valence-corrected chi connectivity index (χ3v) is 3.44. The molecule has 0 aliphatic heterocycles. The van der Waals surface area contributed by atoms with Crippen LogP contribution in [0.5, 0.6) is 5.75 Å². The van der Waals surface area contributed by atoms with E-state index in [1.165, 1.54) is 12.8 Å². The van der Waals surface area contributed by atoms with Gasteiger partial charge in [0.05, 0.1) is 0 Å². The first-order valence-corrected chi connectivity index (χ1v) is 6.35. The minimum Gasteiger partial charge on any atom is -0.435 e. The van der Waals surface area contributed by atoms with Crippen LogP contribution in [0.4, 0.5) is 8.78 Å². The molecule has 0 bridgehead atoms. The van der Waals surface area contributed by atoms with Crippen molar-refractivity contribution in [2.75, 3.05) is 0 Å². The predicted molar refractivity (Wildman–Crippen MR) is 66.8 cm³/mol. The van der Waals surface area contributed by atoms with Crippen LogP contribution < -0.4 is 10.1 Å². The molecule has 1 aromatic carbocycles. The summed E-state index contributed by atoms with van der Waals surface area (Å²) >= 11 is 0. The highest BCUT2D eigenvalue weighted by atomic mass is 19.3. The van der Waals surface area contributed by atoms with E-state index in [-0.39, 0.29) is 11.8 Å². The molecule has 100 valence electrons. The van der Waals surface area contributed by atoms with Crippen LogP contribution in [0.3, 0.4) is 0 Å². The standard InChI is InChI=1S/C14H19F2NO/c1-9-6-12(7-9)17-10(2)11-4-3-5-13(8-11)18-14(15)16/h3-5,8-10,12,14,17H,6-7H2,1-2H3. The summed E-state index contributed by atoms with van der Waals surface area (Å²) in [6.45, 7) is 1.51. The molecule has 2 nitrogen and oxygen atoms in total. The highest BCUT2D eigenvalue weighted by Gasteiger charge is 2.26. The lowest BCUT2D eigenvalue weighted by Gasteiger charge is -2.35. The maximum atomic E-state index is 12.1. The smallest absolute Gasteiger partial charge is 0.387 e. The van der Waals surface area contributed by atoms with Crippen molar-refractivity contribution in [3.05, 3.63) is 29.8 Å². The Morgan fingerprint density at radius 3 is 2.67 bits per heavy atom. The topological polar surface area (TPSA) is 21.3 Å². The molecule has 1 saturated carbocycles. The van der Waals surface area contributed by atoms with Crippen molar-refractivity contribution < 1.29 is 13.5 Å². The molecule has 1 unspecified atom stereocenters. The maximum absolute atomic E-state index is 12.1. The second kappa shape index (κ2) is 5.65. The summed E-state index contributed by atoms with van der Waals surface area (Å²) in [7, 11) is 0. The SMILES string of the molecule is CC1CC(NC(C)c2cccc(OC(F)F)c2)C1. The minimum absolute atomic E-state index is 0.156. The number of benzene rings is 1. The van der Waals surface area contributed by atoms with E-state index in [1.807, 2.05) is 13.0 Å². The zero-order chi connectivity index (χ0) is 13.1. The molecule has 1 N–H and O–H groups in total. The molecule has 0 heterocycles. The fourth-order valence-corrected chi connectivity index (χ4v) is 2.45. The molecule has 0 aromatic heterocycles. The first-order valence-electron chi connectivity index (χ1n) is 6.35. The van der Waals surface area contributed by atoms with Crippen LogP contribution in [0, 0.1) is 5.92 Å². The molecule has 2 rings (SSSR count). The van der Waals surface area contributed by atoms with Gasteiger partial charge in [-0.2, -0.15) is 8.78 Å². The van der Waals surface area contributed by atoms with Crippen LogP contribution in [0.2, 0.25) is 0 Å². The Kier molecular flexibility index (Phi) is 4.17. The Hall–Kier alpha value is -1.16. The van der Waals surface area contributed by atoms with Crippen molar-refractivity contribution in [2.24, 2.45) is 5.92 Å². The van der Waals surface area contributed by atoms with Gasteiger partial charge in [-0.3, -0.25) is 0 Å². The van der Waals surface area contributed by atoms with E-state index < -0.39 is 6.61 Å². The van der Waals surface area contributed by atoms with Crippen LogP contribution in [0.15, 0.2) is 24.3 Å². The fraction of sp³-hybridized carbons (Fsp3) is 0.571. The first kappa shape index (κ1) is 13.3. The number of hydrogen-bond donors (Lipinski definition) is 1. The van der Waals surface area contributed by atoms with Crippen LogP contribution in [-0.4, -0.2) is 12.7 Å². The highest BCUT2D eigenvalue weighted by Crippen LogP contribution is 2.29. The van der Waals surface area contributed by atoms with E-state index in [9.17, 15) is 8.78 Å². The second-order valence-corrected chi connectivity index (χ2v) is 5.11. The molecule has 0 amide bonds. The van der Waals surface area contributed by atoms with Crippen LogP contribution in [0.1, 0.15) is 38.3 Å². The number of hydrogen-bond acceptors (Lipinski definition) is 2. The van der Waals surface area contributed by atoms with Gasteiger partial charge >= 0.3 is 6.61 Å². The maximum Gasteiger partial charge on any atom is 0.387 e. The number of rotatable bonds is 5. The molecular formula is C14H19F2NO. The van der Waals surface area contributed by atoms with Gasteiger partial charge in [0.15, 0.2) is 0 Å². The molecule has 0 spiro atoms. The van der Waals surface area contributed by atoms with Crippen LogP contribution in [-0.2, 0) is 0 Å². The Bertz CT molecular complexity index is 391. The Labute approximate surface area is 106 Å². The van der Waals surface area contributed by atoms with Crippen molar-refractivity contribution in [3.63, 3.8) is 0 Å². The average Bonchev–Trinajstić information content (AvgIpc) is 2.26. The first-order chi connectivity index (χ1) is 8.54. The molecule has 18 heavy (non-hydrogen) atoms. The fourth-order valence-electron chi connectivity index (χ4n) is 2.45. The summed E-state index contributed by atoms with van der Waals surface area (Å²) in [5.74, 6) is 1.02. The minimum atomic E-state index is -2.77. The van der Waals surface area contributed by atoms with E-state index in [1.54, 1.807) is 18.2 Å². The van der Waals surface area contributed by atoms with Crippen molar-refractivity contribution in [1.29, 1.82) is 0 Å². The lowest BCUT2D eigenvalue weighted by atomic mass is 9.81. The van der Waals surface area contributed by atoms with Crippen LogP contribution in [0.25, 0.3) is 0 Å². The Morgan fingerprint density at radius 1 is 1.33 bits per heavy atom. The Morgan fingerprint density at radius 2 is 2.06 bits per heavy atom. The quantitative estimate of drug-likeness (QED) is 0.865. The number of nitrogens with one attached hydrogen (secondary N) is 1. The van der Waals surface area contributed by atoms with E-state index >= 15 is 0 Å². The average molecular weight is 255 g/mol. The molecule has 1 aliphatic rings. The zero-order valence-electron chi connectivity index (χ0n) is 10.7. The summed E-state index contributed by atoms with van der Waals surface area (Å²) in [5.41, 5.74) is 0.979.